The molecule has 1 N–H and O–H groups in total. The summed E-state index contributed by atoms with van der Waals surface area (Å²) >= 11 is 0. The smallest absolute Gasteiger partial charge is 0.296 e. The van der Waals surface area contributed by atoms with Crippen molar-refractivity contribution in [2.24, 2.45) is 0 Å². The van der Waals surface area contributed by atoms with Gasteiger partial charge < -0.3 is 23.9 Å². The van der Waals surface area contributed by atoms with Gasteiger partial charge in [-0.25, -0.2) is 0 Å². The lowest BCUT2D eigenvalue weighted by Crippen LogP contribution is -2.29. The predicted molar refractivity (Wildman–Crippen MR) is 141 cm³/mol. The minimum Gasteiger partial charge on any atom is -0.507 e. The third kappa shape index (κ3) is 5.18. The summed E-state index contributed by atoms with van der Waals surface area (Å²) < 4.78 is 17.0. The first-order chi connectivity index (χ1) is 18.5. The third-order valence-electron chi connectivity index (χ3n) is 6.31. The van der Waals surface area contributed by atoms with Gasteiger partial charge in [0.1, 0.15) is 29.6 Å². The summed E-state index contributed by atoms with van der Waals surface area (Å²) in [5.74, 6) is 0.0135. The van der Waals surface area contributed by atoms with Gasteiger partial charge in [-0.05, 0) is 66.6 Å². The Morgan fingerprint density at radius 1 is 0.895 bits per heavy atom. The number of likely N-dealkylation sites (tertiary alicyclic amines) is 1. The first-order valence-electron chi connectivity index (χ1n) is 12.4. The summed E-state index contributed by atoms with van der Waals surface area (Å²) in [4.78, 5) is 28.0. The fraction of sp³-hybridized carbons (Fsp3) is 0.161. The Morgan fingerprint density at radius 2 is 1.68 bits per heavy atom. The van der Waals surface area contributed by atoms with Gasteiger partial charge in [-0.2, -0.15) is 0 Å². The fourth-order valence-electron chi connectivity index (χ4n) is 4.51. The zero-order valence-corrected chi connectivity index (χ0v) is 20.9. The molecule has 0 spiro atoms. The molecule has 192 valence electrons. The van der Waals surface area contributed by atoms with Crippen LogP contribution in [0.5, 0.6) is 11.5 Å². The zero-order chi connectivity index (χ0) is 26.5. The van der Waals surface area contributed by atoms with Crippen LogP contribution in [0.25, 0.3) is 5.76 Å². The first kappa shape index (κ1) is 24.9. The molecular weight excluding hydrogens is 482 g/mol. The standard InChI is InChI=1S/C31H27NO6/c1-2-36-24-15-13-22(14-16-24)29(33)27-28(32(31(35)30(27)34)19-26-12-7-17-37-26)23-10-6-11-25(18-23)38-20-21-8-4-3-5-9-21/h3-18,28,33H,2,19-20H2,1H3/b29-27-. The molecule has 1 aliphatic rings. The molecule has 1 saturated heterocycles. The van der Waals surface area contributed by atoms with Crippen LogP contribution in [0.2, 0.25) is 0 Å². The van der Waals surface area contributed by atoms with E-state index in [1.807, 2.05) is 49.4 Å². The average molecular weight is 510 g/mol. The number of hydrogen-bond donors (Lipinski definition) is 1. The molecule has 5 rings (SSSR count). The largest absolute Gasteiger partial charge is 0.507 e. The van der Waals surface area contributed by atoms with Crippen LogP contribution in [0, 0.1) is 0 Å². The average Bonchev–Trinajstić information content (AvgIpc) is 3.55. The second kappa shape index (κ2) is 11.1. The number of rotatable bonds is 9. The maximum Gasteiger partial charge on any atom is 0.296 e. The Balaban J connectivity index is 1.54. The number of amides is 1. The summed E-state index contributed by atoms with van der Waals surface area (Å²) in [6.45, 7) is 2.82. The van der Waals surface area contributed by atoms with E-state index in [2.05, 4.69) is 0 Å². The number of aliphatic hydroxyl groups excluding tert-OH is 1. The summed E-state index contributed by atoms with van der Waals surface area (Å²) in [6, 6.07) is 26.4. The van der Waals surface area contributed by atoms with Crippen LogP contribution >= 0.6 is 0 Å². The van der Waals surface area contributed by atoms with Crippen LogP contribution in [-0.4, -0.2) is 28.3 Å². The van der Waals surface area contributed by atoms with Crippen LogP contribution in [-0.2, 0) is 22.7 Å². The normalized spacial score (nSPS) is 16.6. The number of hydrogen-bond acceptors (Lipinski definition) is 6. The summed E-state index contributed by atoms with van der Waals surface area (Å²) in [7, 11) is 0. The number of furan rings is 1. The van der Waals surface area contributed by atoms with Crippen LogP contribution in [0.1, 0.15) is 35.4 Å². The minimum atomic E-state index is -0.841. The Bertz CT molecular complexity index is 1440. The molecule has 1 aromatic heterocycles. The highest BCUT2D eigenvalue weighted by Crippen LogP contribution is 2.41. The maximum absolute atomic E-state index is 13.3. The number of nitrogens with zero attached hydrogens (tertiary/aromatic N) is 1. The van der Waals surface area contributed by atoms with E-state index in [0.717, 1.165) is 5.56 Å². The molecule has 1 atom stereocenters. The van der Waals surface area contributed by atoms with Crippen LogP contribution in [0.3, 0.4) is 0 Å². The minimum absolute atomic E-state index is 0.00549. The molecule has 7 nitrogen and oxygen atoms in total. The van der Waals surface area contributed by atoms with E-state index in [1.54, 1.807) is 48.5 Å². The van der Waals surface area contributed by atoms with Gasteiger partial charge in [0.2, 0.25) is 0 Å². The van der Waals surface area contributed by atoms with Gasteiger partial charge in [-0.1, -0.05) is 42.5 Å². The van der Waals surface area contributed by atoms with Gasteiger partial charge in [0.05, 0.1) is 31.0 Å². The van der Waals surface area contributed by atoms with E-state index in [1.165, 1.54) is 11.2 Å². The Kier molecular flexibility index (Phi) is 7.26. The van der Waals surface area contributed by atoms with Gasteiger partial charge in [0, 0.05) is 5.56 Å². The van der Waals surface area contributed by atoms with Crippen LogP contribution in [0.4, 0.5) is 0 Å². The van der Waals surface area contributed by atoms with Gasteiger partial charge in [0.25, 0.3) is 11.7 Å². The number of carbonyl (C=O) groups is 2. The van der Waals surface area contributed by atoms with E-state index in [9.17, 15) is 14.7 Å². The Hall–Kier alpha value is -4.78. The molecule has 1 fully saturated rings. The van der Waals surface area contributed by atoms with Crippen LogP contribution < -0.4 is 9.47 Å². The summed E-state index contributed by atoms with van der Waals surface area (Å²) in [5.41, 5.74) is 2.06. The number of ketones is 1. The SMILES string of the molecule is CCOc1ccc(/C(O)=C2/C(=O)C(=O)N(Cc3ccco3)C2c2cccc(OCc3ccccc3)c2)cc1. The number of benzene rings is 3. The van der Waals surface area contributed by atoms with Crippen LogP contribution in [0.15, 0.2) is 107 Å². The maximum atomic E-state index is 13.3. The van der Waals surface area contributed by atoms with E-state index in [-0.39, 0.29) is 17.9 Å². The van der Waals surface area contributed by atoms with Crippen molar-refractivity contribution in [3.05, 3.63) is 125 Å². The highest BCUT2D eigenvalue weighted by molar-refractivity contribution is 6.46. The number of ether oxygens (including phenoxy) is 2. The lowest BCUT2D eigenvalue weighted by Gasteiger charge is -2.25. The zero-order valence-electron chi connectivity index (χ0n) is 20.9. The highest BCUT2D eigenvalue weighted by atomic mass is 16.5. The van der Waals surface area contributed by atoms with E-state index in [0.29, 0.717) is 41.6 Å². The molecule has 38 heavy (non-hydrogen) atoms. The molecule has 4 aromatic rings. The van der Waals surface area contributed by atoms with E-state index in [4.69, 9.17) is 13.9 Å². The topological polar surface area (TPSA) is 89.2 Å². The molecule has 0 aliphatic carbocycles. The van der Waals surface area contributed by atoms with Crippen molar-refractivity contribution in [1.29, 1.82) is 0 Å². The molecule has 3 aromatic carbocycles. The van der Waals surface area contributed by atoms with E-state index < -0.39 is 17.7 Å². The molecule has 0 saturated carbocycles. The number of aliphatic hydroxyl groups is 1. The second-order valence-corrected chi connectivity index (χ2v) is 8.81. The Labute approximate surface area is 220 Å². The molecular formula is C31H27NO6. The Morgan fingerprint density at radius 3 is 2.39 bits per heavy atom. The van der Waals surface area contributed by atoms with Crippen molar-refractivity contribution in [3.63, 3.8) is 0 Å². The van der Waals surface area contributed by atoms with Gasteiger partial charge in [-0.15, -0.1) is 0 Å². The summed E-state index contributed by atoms with van der Waals surface area (Å²) in [5, 5.41) is 11.3. The quantitative estimate of drug-likeness (QED) is 0.172. The first-order valence-corrected chi connectivity index (χ1v) is 12.4. The third-order valence-corrected chi connectivity index (χ3v) is 6.31. The van der Waals surface area contributed by atoms with E-state index >= 15 is 0 Å². The van der Waals surface area contributed by atoms with Crippen molar-refractivity contribution >= 4 is 17.4 Å². The van der Waals surface area contributed by atoms with Gasteiger partial charge in [0.15, 0.2) is 0 Å². The number of carbonyl (C=O) groups excluding carboxylic acids is 2. The van der Waals surface area contributed by atoms with Crippen molar-refractivity contribution in [2.75, 3.05) is 6.61 Å². The molecule has 0 radical (unpaired) electrons. The molecule has 1 amide bonds. The monoisotopic (exact) mass is 509 g/mol. The fourth-order valence-corrected chi connectivity index (χ4v) is 4.51. The molecule has 7 heteroatoms. The van der Waals surface area contributed by atoms with Crippen molar-refractivity contribution in [1.82, 2.24) is 4.90 Å². The number of Topliss-reactive ketones (excluding diaryl/α,β-unsaturated/α-hetero) is 1. The molecule has 1 unspecified atom stereocenters. The molecule has 0 bridgehead atoms. The van der Waals surface area contributed by atoms with Crippen molar-refractivity contribution < 1.29 is 28.6 Å². The predicted octanol–water partition coefficient (Wildman–Crippen LogP) is 5.88. The molecule has 1 aliphatic heterocycles. The highest BCUT2D eigenvalue weighted by Gasteiger charge is 2.46. The second-order valence-electron chi connectivity index (χ2n) is 8.81. The van der Waals surface area contributed by atoms with Gasteiger partial charge >= 0.3 is 0 Å². The molecule has 2 heterocycles. The van der Waals surface area contributed by atoms with Gasteiger partial charge in [-0.3, -0.25) is 9.59 Å². The lowest BCUT2D eigenvalue weighted by molar-refractivity contribution is -0.140. The summed E-state index contributed by atoms with van der Waals surface area (Å²) in [6.07, 6.45) is 1.51. The lowest BCUT2D eigenvalue weighted by atomic mass is 9.95. The van der Waals surface area contributed by atoms with Crippen molar-refractivity contribution in [2.45, 2.75) is 26.1 Å². The van der Waals surface area contributed by atoms with Crippen molar-refractivity contribution in [3.8, 4) is 11.5 Å².